The molecule has 6 nitrogen and oxygen atoms in total. The van der Waals surface area contributed by atoms with Crippen LogP contribution in [-0.4, -0.2) is 27.7 Å². The van der Waals surface area contributed by atoms with Crippen molar-refractivity contribution in [2.45, 2.75) is 16.3 Å². The summed E-state index contributed by atoms with van der Waals surface area (Å²) in [5, 5.41) is 0.409. The van der Waals surface area contributed by atoms with Crippen molar-refractivity contribution < 1.29 is 16.8 Å². The van der Waals surface area contributed by atoms with E-state index in [-0.39, 0.29) is 21.1 Å². The molecule has 0 unspecified atom stereocenters. The summed E-state index contributed by atoms with van der Waals surface area (Å²) in [4.78, 5) is 0.285. The molecule has 0 aliphatic rings. The summed E-state index contributed by atoms with van der Waals surface area (Å²) in [6.07, 6.45) is 6.51. The fraction of sp³-hybridized carbons (Fsp3) is 0.118. The Morgan fingerprint density at radius 1 is 1.11 bits per heavy atom. The Hall–Kier alpha value is -2.12. The summed E-state index contributed by atoms with van der Waals surface area (Å²) >= 11 is 6.84. The molecule has 10 heteroatoms. The molecular weight excluding hydrogens is 428 g/mol. The first-order chi connectivity index (χ1) is 12.6. The number of rotatable bonds is 4. The quantitative estimate of drug-likeness (QED) is 0.584. The van der Waals surface area contributed by atoms with Crippen LogP contribution >= 0.6 is 22.9 Å². The van der Waals surface area contributed by atoms with Gasteiger partial charge in [0, 0.05) is 11.3 Å². The van der Waals surface area contributed by atoms with Gasteiger partial charge in [-0.1, -0.05) is 28.9 Å². The minimum Gasteiger partial charge on any atom is -0.304 e. The van der Waals surface area contributed by atoms with Gasteiger partial charge in [-0.3, -0.25) is 0 Å². The summed E-state index contributed by atoms with van der Waals surface area (Å²) < 4.78 is 54.8. The number of hydrogen-bond donors (Lipinski definition) is 0. The smallest absolute Gasteiger partial charge is 0.285 e. The lowest BCUT2D eigenvalue weighted by atomic mass is 10.3. The predicted molar refractivity (Wildman–Crippen MR) is 106 cm³/mol. The number of aromatic nitrogens is 1. The van der Waals surface area contributed by atoms with Crippen molar-refractivity contribution in [3.05, 3.63) is 52.3 Å². The van der Waals surface area contributed by atoms with E-state index in [0.717, 1.165) is 17.6 Å². The van der Waals surface area contributed by atoms with Gasteiger partial charge in [0.25, 0.3) is 10.0 Å². The first-order valence-electron chi connectivity index (χ1n) is 7.45. The summed E-state index contributed by atoms with van der Waals surface area (Å²) in [6, 6.07) is 10.2. The van der Waals surface area contributed by atoms with Gasteiger partial charge < -0.3 is 4.57 Å². The van der Waals surface area contributed by atoms with Crippen LogP contribution in [0.4, 0.5) is 0 Å². The highest BCUT2D eigenvalue weighted by Gasteiger charge is 2.16. The monoisotopic (exact) mass is 440 g/mol. The van der Waals surface area contributed by atoms with Gasteiger partial charge in [-0.05, 0) is 42.5 Å². The van der Waals surface area contributed by atoms with Crippen molar-refractivity contribution in [1.82, 2.24) is 4.57 Å². The summed E-state index contributed by atoms with van der Waals surface area (Å²) in [5.41, 5.74) is 0.607. The molecule has 2 aromatic carbocycles. The number of sulfone groups is 1. The van der Waals surface area contributed by atoms with Crippen molar-refractivity contribution in [2.75, 3.05) is 6.26 Å². The maximum atomic E-state index is 12.6. The standard InChI is InChI=1S/C17H13ClN2O4S3/c1-3-10-20-15-9-8-14(26(2,21)22)11-16(15)25-17(20)19-27(23,24)13-6-4-12(18)5-7-13/h1,4-9,11H,10H2,2H3. The van der Waals surface area contributed by atoms with Gasteiger partial charge in [-0.2, -0.15) is 8.42 Å². The van der Waals surface area contributed by atoms with Crippen LogP contribution in [0.15, 0.2) is 56.7 Å². The average Bonchev–Trinajstić information content (AvgIpc) is 2.91. The largest absolute Gasteiger partial charge is 0.304 e. The van der Waals surface area contributed by atoms with Crippen LogP contribution in [0.3, 0.4) is 0 Å². The van der Waals surface area contributed by atoms with Gasteiger partial charge in [-0.15, -0.1) is 10.8 Å². The van der Waals surface area contributed by atoms with Crippen LogP contribution < -0.4 is 4.80 Å². The second-order valence-corrected chi connectivity index (χ2v) is 10.7. The molecule has 0 aliphatic carbocycles. The molecule has 0 radical (unpaired) electrons. The van der Waals surface area contributed by atoms with Crippen LogP contribution in [0.25, 0.3) is 10.2 Å². The van der Waals surface area contributed by atoms with E-state index in [9.17, 15) is 16.8 Å². The lowest BCUT2D eigenvalue weighted by molar-refractivity contribution is 0.595. The maximum Gasteiger partial charge on any atom is 0.285 e. The van der Waals surface area contributed by atoms with Crippen molar-refractivity contribution >= 4 is 53.0 Å². The molecule has 3 rings (SSSR count). The fourth-order valence-electron chi connectivity index (χ4n) is 2.36. The Morgan fingerprint density at radius 3 is 2.33 bits per heavy atom. The molecule has 0 aliphatic heterocycles. The third kappa shape index (κ3) is 4.09. The Balaban J connectivity index is 2.26. The lowest BCUT2D eigenvalue weighted by Crippen LogP contribution is -2.16. The summed E-state index contributed by atoms with van der Waals surface area (Å²) in [5.74, 6) is 2.46. The number of benzene rings is 2. The zero-order valence-corrected chi connectivity index (χ0v) is 17.2. The van der Waals surface area contributed by atoms with Gasteiger partial charge in [0.15, 0.2) is 9.84 Å². The number of thiazole rings is 1. The normalized spacial score (nSPS) is 13.0. The number of terminal acetylenes is 1. The number of halogens is 1. The molecule has 0 saturated carbocycles. The molecule has 0 bridgehead atoms. The number of hydrogen-bond acceptors (Lipinski definition) is 5. The zero-order valence-electron chi connectivity index (χ0n) is 14.0. The SMILES string of the molecule is C#CCn1c(=NS(=O)(=O)c2ccc(Cl)cc2)sc2cc(S(C)(=O)=O)ccc21. The third-order valence-electron chi connectivity index (χ3n) is 3.64. The summed E-state index contributed by atoms with van der Waals surface area (Å²) in [6.45, 7) is 0.0905. The first-order valence-corrected chi connectivity index (χ1v) is 12.0. The molecule has 0 saturated heterocycles. The fourth-order valence-corrected chi connectivity index (χ4v) is 5.48. The van der Waals surface area contributed by atoms with Crippen molar-refractivity contribution in [3.8, 4) is 12.3 Å². The average molecular weight is 441 g/mol. The molecule has 140 valence electrons. The molecular formula is C17H13ClN2O4S3. The molecule has 1 aromatic heterocycles. The molecule has 1 heterocycles. The van der Waals surface area contributed by atoms with Crippen molar-refractivity contribution in [1.29, 1.82) is 0 Å². The Labute approximate surface area is 165 Å². The van der Waals surface area contributed by atoms with Gasteiger partial charge in [-0.25, -0.2) is 8.42 Å². The molecule has 0 amide bonds. The van der Waals surface area contributed by atoms with E-state index in [2.05, 4.69) is 10.3 Å². The molecule has 0 fully saturated rings. The van der Waals surface area contributed by atoms with Gasteiger partial charge in [0.2, 0.25) is 4.80 Å². The highest BCUT2D eigenvalue weighted by molar-refractivity contribution is 7.90. The minimum atomic E-state index is -3.99. The number of fused-ring (bicyclic) bond motifs is 1. The molecule has 0 spiro atoms. The van der Waals surface area contributed by atoms with Crippen LogP contribution in [0, 0.1) is 12.3 Å². The Bertz CT molecular complexity index is 1340. The molecule has 0 N–H and O–H groups in total. The van der Waals surface area contributed by atoms with Gasteiger partial charge in [0.05, 0.1) is 26.6 Å². The number of nitrogens with zero attached hydrogens (tertiary/aromatic N) is 2. The highest BCUT2D eigenvalue weighted by atomic mass is 35.5. The van der Waals surface area contributed by atoms with Crippen LogP contribution in [0.5, 0.6) is 0 Å². The van der Waals surface area contributed by atoms with Crippen molar-refractivity contribution in [2.24, 2.45) is 4.40 Å². The molecule has 27 heavy (non-hydrogen) atoms. The predicted octanol–water partition coefficient (Wildman–Crippen LogP) is 2.68. The second-order valence-electron chi connectivity index (χ2n) is 5.60. The minimum absolute atomic E-state index is 0.00608. The van der Waals surface area contributed by atoms with E-state index < -0.39 is 19.9 Å². The van der Waals surface area contributed by atoms with Crippen LogP contribution in [0.1, 0.15) is 0 Å². The van der Waals surface area contributed by atoms with Crippen molar-refractivity contribution in [3.63, 3.8) is 0 Å². The topological polar surface area (TPSA) is 85.6 Å². The van der Waals surface area contributed by atoms with E-state index >= 15 is 0 Å². The summed E-state index contributed by atoms with van der Waals surface area (Å²) in [7, 11) is -7.38. The maximum absolute atomic E-state index is 12.6. The highest BCUT2D eigenvalue weighted by Crippen LogP contribution is 2.23. The second kappa shape index (κ2) is 7.13. The zero-order chi connectivity index (χ0) is 19.8. The first kappa shape index (κ1) is 19.6. The van der Waals surface area contributed by atoms with E-state index in [4.69, 9.17) is 18.0 Å². The lowest BCUT2D eigenvalue weighted by Gasteiger charge is -2.02. The van der Waals surface area contributed by atoms with E-state index in [1.807, 2.05) is 0 Å². The van der Waals surface area contributed by atoms with Gasteiger partial charge >= 0.3 is 0 Å². The van der Waals surface area contributed by atoms with E-state index in [0.29, 0.717) is 15.2 Å². The Kier molecular flexibility index (Phi) is 5.18. The number of sulfonamides is 1. The van der Waals surface area contributed by atoms with E-state index in [1.54, 1.807) is 10.6 Å². The van der Waals surface area contributed by atoms with Gasteiger partial charge in [0.1, 0.15) is 0 Å². The van der Waals surface area contributed by atoms with Crippen LogP contribution in [-0.2, 0) is 26.4 Å². The van der Waals surface area contributed by atoms with Crippen LogP contribution in [0.2, 0.25) is 5.02 Å². The molecule has 3 aromatic rings. The van der Waals surface area contributed by atoms with E-state index in [1.165, 1.54) is 36.4 Å². The third-order valence-corrected chi connectivity index (χ3v) is 7.44. The molecule has 0 atom stereocenters. The Morgan fingerprint density at radius 2 is 1.74 bits per heavy atom.